The Labute approximate surface area is 85.3 Å². The molecule has 0 N–H and O–H groups in total. The lowest BCUT2D eigenvalue weighted by atomic mass is 9.86. The molecule has 2 bridgehead atoms. The normalized spacial score (nSPS) is 46.9. The summed E-state index contributed by atoms with van der Waals surface area (Å²) in [6.45, 7) is 1.15. The number of rotatable bonds is 3. The largest absolute Gasteiger partial charge is 0.382 e. The summed E-state index contributed by atoms with van der Waals surface area (Å²) in [6.07, 6.45) is 0.485. The Kier molecular flexibility index (Phi) is 2.84. The predicted molar refractivity (Wildman–Crippen MR) is 50.4 cm³/mol. The van der Waals surface area contributed by atoms with Crippen molar-refractivity contribution in [3.05, 3.63) is 0 Å². The van der Waals surface area contributed by atoms with Crippen molar-refractivity contribution in [3.63, 3.8) is 0 Å². The van der Waals surface area contributed by atoms with Crippen molar-refractivity contribution >= 4 is 7.85 Å². The zero-order chi connectivity index (χ0) is 10.2. The van der Waals surface area contributed by atoms with E-state index in [0.717, 1.165) is 6.42 Å². The molecule has 5 heteroatoms. The highest BCUT2D eigenvalue weighted by Gasteiger charge is 2.56. The van der Waals surface area contributed by atoms with Crippen LogP contribution in [-0.2, 0) is 18.9 Å². The lowest BCUT2D eigenvalue weighted by Crippen LogP contribution is -2.52. The van der Waals surface area contributed by atoms with E-state index < -0.39 is 11.6 Å². The van der Waals surface area contributed by atoms with Gasteiger partial charge in [0.2, 0.25) is 0 Å². The van der Waals surface area contributed by atoms with Crippen LogP contribution in [0.25, 0.3) is 0 Å². The summed E-state index contributed by atoms with van der Waals surface area (Å²) < 4.78 is 21.8. The van der Waals surface area contributed by atoms with Crippen LogP contribution in [0.15, 0.2) is 0 Å². The molecule has 2 fully saturated rings. The van der Waals surface area contributed by atoms with Gasteiger partial charge in [-0.3, -0.25) is 0 Å². The molecule has 0 aliphatic carbocycles. The second-order valence-corrected chi connectivity index (χ2v) is 3.82. The van der Waals surface area contributed by atoms with E-state index in [2.05, 4.69) is 0 Å². The highest BCUT2D eigenvalue weighted by molar-refractivity contribution is 6.11. The van der Waals surface area contributed by atoms with Gasteiger partial charge in [0.05, 0.1) is 13.2 Å². The van der Waals surface area contributed by atoms with E-state index in [4.69, 9.17) is 26.8 Å². The van der Waals surface area contributed by atoms with E-state index in [1.165, 1.54) is 0 Å². The van der Waals surface area contributed by atoms with Crippen molar-refractivity contribution in [1.29, 1.82) is 0 Å². The van der Waals surface area contributed by atoms with Crippen LogP contribution >= 0.6 is 0 Å². The molecule has 0 aromatic heterocycles. The van der Waals surface area contributed by atoms with Gasteiger partial charge in [-0.15, -0.1) is 0 Å². The molecule has 2 rings (SSSR count). The first-order valence-electron chi connectivity index (χ1n) is 4.80. The minimum Gasteiger partial charge on any atom is -0.382 e. The highest BCUT2D eigenvalue weighted by atomic mass is 16.6. The van der Waals surface area contributed by atoms with Gasteiger partial charge < -0.3 is 18.9 Å². The summed E-state index contributed by atoms with van der Waals surface area (Å²) in [5.74, 6) is 0. The fraction of sp³-hybridized carbons (Fsp3) is 1.00. The number of fused-ring (bicyclic) bond motifs is 2. The maximum Gasteiger partial charge on any atom is 0.122 e. The van der Waals surface area contributed by atoms with E-state index in [-0.39, 0.29) is 12.2 Å². The van der Waals surface area contributed by atoms with Crippen LogP contribution in [0.5, 0.6) is 0 Å². The van der Waals surface area contributed by atoms with Crippen molar-refractivity contribution in [2.24, 2.45) is 0 Å². The van der Waals surface area contributed by atoms with Crippen LogP contribution < -0.4 is 0 Å². The minimum atomic E-state index is -0.411. The van der Waals surface area contributed by atoms with Gasteiger partial charge in [0.15, 0.2) is 0 Å². The molecule has 2 heterocycles. The molecule has 2 saturated heterocycles. The van der Waals surface area contributed by atoms with Crippen molar-refractivity contribution in [2.45, 2.75) is 30.2 Å². The summed E-state index contributed by atoms with van der Waals surface area (Å²) in [6, 6.07) is -0.405. The molecule has 0 spiro atoms. The standard InChI is InChI=1S/C9H15BO4/c1-11-5-9-3-4-13-6(7(9)12-2)8(10)14-9/h6-8H,3-5H2,1-2H3/t6?,7-,8-,9-/m1/s1. The predicted octanol–water partition coefficient (Wildman–Crippen LogP) is -0.300. The molecule has 2 aliphatic rings. The Bertz CT molecular complexity index is 209. The maximum atomic E-state index is 5.82. The van der Waals surface area contributed by atoms with Gasteiger partial charge in [-0.05, 0) is 0 Å². The van der Waals surface area contributed by atoms with Crippen LogP contribution in [0.1, 0.15) is 6.42 Å². The molecule has 0 aromatic rings. The van der Waals surface area contributed by atoms with Gasteiger partial charge in [-0.2, -0.15) is 0 Å². The summed E-state index contributed by atoms with van der Waals surface area (Å²) in [5.41, 5.74) is -0.411. The summed E-state index contributed by atoms with van der Waals surface area (Å²) in [5, 5.41) is 0. The number of hydrogen-bond acceptors (Lipinski definition) is 4. The Morgan fingerprint density at radius 2 is 2.29 bits per heavy atom. The van der Waals surface area contributed by atoms with Crippen LogP contribution in [0.2, 0.25) is 0 Å². The van der Waals surface area contributed by atoms with Crippen LogP contribution in [-0.4, -0.2) is 59.1 Å². The fourth-order valence-corrected chi connectivity index (χ4v) is 2.41. The molecule has 4 atom stereocenters. The van der Waals surface area contributed by atoms with Crippen LogP contribution in [0.4, 0.5) is 0 Å². The van der Waals surface area contributed by atoms with E-state index >= 15 is 0 Å². The SMILES string of the molecule is [B][C@@H]1O[C@@]2(COC)CCOC1[C@H]2OC. The van der Waals surface area contributed by atoms with E-state index in [0.29, 0.717) is 13.2 Å². The first-order chi connectivity index (χ1) is 6.73. The lowest BCUT2D eigenvalue weighted by Gasteiger charge is -2.37. The molecule has 1 unspecified atom stereocenters. The Morgan fingerprint density at radius 3 is 2.93 bits per heavy atom. The average Bonchev–Trinajstić information content (AvgIpc) is 2.30. The number of ether oxygens (including phenoxy) is 4. The molecule has 2 aliphatic heterocycles. The molecule has 0 amide bonds. The van der Waals surface area contributed by atoms with Gasteiger partial charge >= 0.3 is 0 Å². The smallest absolute Gasteiger partial charge is 0.122 e. The third-order valence-corrected chi connectivity index (χ3v) is 2.99. The zero-order valence-electron chi connectivity index (χ0n) is 8.56. The molecule has 0 saturated carbocycles. The number of methoxy groups -OCH3 is 2. The second-order valence-electron chi connectivity index (χ2n) is 3.82. The third-order valence-electron chi connectivity index (χ3n) is 2.99. The van der Waals surface area contributed by atoms with E-state index in [9.17, 15) is 0 Å². The van der Waals surface area contributed by atoms with E-state index in [1.807, 2.05) is 0 Å². The van der Waals surface area contributed by atoms with Crippen LogP contribution in [0, 0.1) is 0 Å². The van der Waals surface area contributed by atoms with Crippen molar-refractivity contribution in [2.75, 3.05) is 27.4 Å². The molecular formula is C9H15BO4. The van der Waals surface area contributed by atoms with E-state index in [1.54, 1.807) is 14.2 Å². The first kappa shape index (κ1) is 10.4. The average molecular weight is 198 g/mol. The molecular weight excluding hydrogens is 183 g/mol. The minimum absolute atomic E-state index is 0.119. The Hall–Kier alpha value is -0.0951. The monoisotopic (exact) mass is 198 g/mol. The molecule has 4 nitrogen and oxygen atoms in total. The first-order valence-corrected chi connectivity index (χ1v) is 4.80. The molecule has 2 radical (unpaired) electrons. The Morgan fingerprint density at radius 1 is 1.50 bits per heavy atom. The van der Waals surface area contributed by atoms with Gasteiger partial charge in [0.25, 0.3) is 0 Å². The van der Waals surface area contributed by atoms with Gasteiger partial charge in [0.1, 0.15) is 25.7 Å². The van der Waals surface area contributed by atoms with Crippen LogP contribution in [0.3, 0.4) is 0 Å². The quantitative estimate of drug-likeness (QED) is 0.583. The molecule has 14 heavy (non-hydrogen) atoms. The van der Waals surface area contributed by atoms with Crippen molar-refractivity contribution < 1.29 is 18.9 Å². The third kappa shape index (κ3) is 1.39. The van der Waals surface area contributed by atoms with Gasteiger partial charge in [0, 0.05) is 26.6 Å². The topological polar surface area (TPSA) is 36.9 Å². The maximum absolute atomic E-state index is 5.82. The van der Waals surface area contributed by atoms with Crippen molar-refractivity contribution in [1.82, 2.24) is 0 Å². The highest BCUT2D eigenvalue weighted by Crippen LogP contribution is 2.40. The van der Waals surface area contributed by atoms with Gasteiger partial charge in [-0.1, -0.05) is 0 Å². The number of hydrogen-bond donors (Lipinski definition) is 0. The summed E-state index contributed by atoms with van der Waals surface area (Å²) in [4.78, 5) is 0. The summed E-state index contributed by atoms with van der Waals surface area (Å²) >= 11 is 0. The summed E-state index contributed by atoms with van der Waals surface area (Å²) in [7, 11) is 9.12. The van der Waals surface area contributed by atoms with Crippen molar-refractivity contribution in [3.8, 4) is 0 Å². The fourth-order valence-electron chi connectivity index (χ4n) is 2.41. The van der Waals surface area contributed by atoms with Gasteiger partial charge in [-0.25, -0.2) is 0 Å². The molecule has 0 aromatic carbocycles. The lowest BCUT2D eigenvalue weighted by molar-refractivity contribution is -0.155. The molecule has 78 valence electrons. The Balaban J connectivity index is 2.20. The zero-order valence-corrected chi connectivity index (χ0v) is 8.56. The second kappa shape index (κ2) is 3.81.